The summed E-state index contributed by atoms with van der Waals surface area (Å²) in [6.45, 7) is 1.95. The average molecular weight is 293 g/mol. The van der Waals surface area contributed by atoms with Crippen molar-refractivity contribution >= 4 is 22.6 Å². The lowest BCUT2D eigenvalue weighted by atomic mass is 10.1. The SMILES string of the molecule is CC(Cl)c1nc2ccc(F)cc2n1C(C1CC1)C1CC1. The Kier molecular flexibility index (Phi) is 2.81. The number of alkyl halides is 1. The maximum absolute atomic E-state index is 13.6. The third kappa shape index (κ3) is 2.03. The molecule has 0 bridgehead atoms. The van der Waals surface area contributed by atoms with E-state index >= 15 is 0 Å². The Balaban J connectivity index is 1.93. The second-order valence-corrected chi connectivity index (χ2v) is 6.91. The molecule has 1 aromatic carbocycles. The first kappa shape index (κ1) is 12.6. The molecule has 4 heteroatoms. The summed E-state index contributed by atoms with van der Waals surface area (Å²) in [6.07, 6.45) is 5.14. The van der Waals surface area contributed by atoms with Crippen LogP contribution in [0.5, 0.6) is 0 Å². The molecule has 0 N–H and O–H groups in total. The van der Waals surface area contributed by atoms with Gasteiger partial charge < -0.3 is 4.57 Å². The quantitative estimate of drug-likeness (QED) is 0.738. The Hall–Kier alpha value is -1.09. The summed E-state index contributed by atoms with van der Waals surface area (Å²) in [7, 11) is 0. The van der Waals surface area contributed by atoms with Crippen molar-refractivity contribution < 1.29 is 4.39 Å². The Morgan fingerprint density at radius 3 is 2.45 bits per heavy atom. The highest BCUT2D eigenvalue weighted by Crippen LogP contribution is 2.53. The van der Waals surface area contributed by atoms with E-state index in [0.717, 1.165) is 28.7 Å². The van der Waals surface area contributed by atoms with Crippen LogP contribution in [0.1, 0.15) is 49.9 Å². The average Bonchev–Trinajstić information content (AvgIpc) is 3.29. The summed E-state index contributed by atoms with van der Waals surface area (Å²) in [5, 5.41) is -0.148. The number of benzene rings is 1. The molecule has 20 heavy (non-hydrogen) atoms. The molecule has 1 heterocycles. The number of halogens is 2. The van der Waals surface area contributed by atoms with Gasteiger partial charge in [0.1, 0.15) is 11.6 Å². The smallest absolute Gasteiger partial charge is 0.127 e. The van der Waals surface area contributed by atoms with Crippen LogP contribution in [0.3, 0.4) is 0 Å². The van der Waals surface area contributed by atoms with Crippen molar-refractivity contribution in [2.45, 2.75) is 44.0 Å². The molecular formula is C16H18ClFN2. The highest BCUT2D eigenvalue weighted by atomic mass is 35.5. The molecule has 2 aliphatic carbocycles. The zero-order valence-corrected chi connectivity index (χ0v) is 12.3. The number of imidazole rings is 1. The van der Waals surface area contributed by atoms with E-state index in [0.29, 0.717) is 6.04 Å². The predicted molar refractivity (Wildman–Crippen MR) is 78.4 cm³/mol. The van der Waals surface area contributed by atoms with Gasteiger partial charge in [0.05, 0.1) is 16.4 Å². The Morgan fingerprint density at radius 1 is 1.25 bits per heavy atom. The van der Waals surface area contributed by atoms with Crippen molar-refractivity contribution in [3.63, 3.8) is 0 Å². The summed E-state index contributed by atoms with van der Waals surface area (Å²) in [6, 6.07) is 5.33. The Morgan fingerprint density at radius 2 is 1.90 bits per heavy atom. The largest absolute Gasteiger partial charge is 0.323 e. The molecule has 4 rings (SSSR count). The van der Waals surface area contributed by atoms with Crippen LogP contribution in [-0.2, 0) is 0 Å². The van der Waals surface area contributed by atoms with E-state index in [1.54, 1.807) is 12.1 Å². The predicted octanol–water partition coefficient (Wildman–Crippen LogP) is 4.84. The normalized spacial score (nSPS) is 20.8. The van der Waals surface area contributed by atoms with Crippen LogP contribution in [-0.4, -0.2) is 9.55 Å². The van der Waals surface area contributed by atoms with Gasteiger partial charge in [-0.1, -0.05) is 0 Å². The molecule has 0 saturated heterocycles. The van der Waals surface area contributed by atoms with Gasteiger partial charge in [-0.05, 0) is 62.6 Å². The van der Waals surface area contributed by atoms with Crippen LogP contribution in [0.15, 0.2) is 18.2 Å². The van der Waals surface area contributed by atoms with E-state index < -0.39 is 0 Å². The first-order chi connectivity index (χ1) is 9.65. The van der Waals surface area contributed by atoms with Crippen LogP contribution in [0, 0.1) is 17.7 Å². The number of hydrogen-bond acceptors (Lipinski definition) is 1. The summed E-state index contributed by atoms with van der Waals surface area (Å²) in [5.41, 5.74) is 1.77. The first-order valence-electron chi connectivity index (χ1n) is 7.46. The molecule has 2 aliphatic rings. The maximum Gasteiger partial charge on any atom is 0.127 e. The van der Waals surface area contributed by atoms with E-state index in [-0.39, 0.29) is 11.2 Å². The van der Waals surface area contributed by atoms with Crippen molar-refractivity contribution in [1.82, 2.24) is 9.55 Å². The van der Waals surface area contributed by atoms with E-state index in [9.17, 15) is 4.39 Å². The van der Waals surface area contributed by atoms with Gasteiger partial charge in [0.2, 0.25) is 0 Å². The van der Waals surface area contributed by atoms with Crippen LogP contribution >= 0.6 is 11.6 Å². The van der Waals surface area contributed by atoms with Gasteiger partial charge in [-0.15, -0.1) is 11.6 Å². The zero-order valence-electron chi connectivity index (χ0n) is 11.5. The molecule has 1 aromatic heterocycles. The summed E-state index contributed by atoms with van der Waals surface area (Å²) in [4.78, 5) is 4.66. The molecule has 0 spiro atoms. The standard InChI is InChI=1S/C16H18ClFN2/c1-9(17)16-19-13-7-6-12(18)8-14(13)20(16)15(10-2-3-10)11-4-5-11/h6-11,15H,2-5H2,1H3. The van der Waals surface area contributed by atoms with Gasteiger partial charge >= 0.3 is 0 Å². The first-order valence-corrected chi connectivity index (χ1v) is 7.90. The molecule has 2 nitrogen and oxygen atoms in total. The third-order valence-corrected chi connectivity index (χ3v) is 4.74. The van der Waals surface area contributed by atoms with E-state index in [2.05, 4.69) is 9.55 Å². The lowest BCUT2D eigenvalue weighted by Gasteiger charge is -2.22. The van der Waals surface area contributed by atoms with E-state index in [4.69, 9.17) is 11.6 Å². The van der Waals surface area contributed by atoms with Gasteiger partial charge in [0.15, 0.2) is 0 Å². The van der Waals surface area contributed by atoms with Crippen LogP contribution < -0.4 is 0 Å². The fraction of sp³-hybridized carbons (Fsp3) is 0.562. The van der Waals surface area contributed by atoms with Gasteiger partial charge in [0.25, 0.3) is 0 Å². The van der Waals surface area contributed by atoms with Crippen molar-refractivity contribution in [1.29, 1.82) is 0 Å². The fourth-order valence-electron chi connectivity index (χ4n) is 3.36. The molecule has 106 valence electrons. The number of fused-ring (bicyclic) bond motifs is 1. The van der Waals surface area contributed by atoms with Gasteiger partial charge in [-0.25, -0.2) is 9.37 Å². The summed E-state index contributed by atoms with van der Waals surface area (Å²) >= 11 is 6.34. The molecule has 0 amide bonds. The minimum absolute atomic E-state index is 0.148. The molecule has 2 saturated carbocycles. The van der Waals surface area contributed by atoms with Crippen molar-refractivity contribution in [2.75, 3.05) is 0 Å². The van der Waals surface area contributed by atoms with Crippen molar-refractivity contribution in [3.05, 3.63) is 29.8 Å². The highest BCUT2D eigenvalue weighted by molar-refractivity contribution is 6.20. The van der Waals surface area contributed by atoms with Crippen molar-refractivity contribution in [3.8, 4) is 0 Å². The van der Waals surface area contributed by atoms with Gasteiger partial charge in [-0.3, -0.25) is 0 Å². The topological polar surface area (TPSA) is 17.8 Å². The molecule has 1 unspecified atom stereocenters. The Bertz CT molecular complexity index is 644. The molecule has 0 radical (unpaired) electrons. The summed E-state index contributed by atoms with van der Waals surface area (Å²) in [5.74, 6) is 2.17. The molecule has 0 aliphatic heterocycles. The molecule has 2 aromatic rings. The monoisotopic (exact) mass is 292 g/mol. The highest BCUT2D eigenvalue weighted by Gasteiger charge is 2.44. The number of rotatable bonds is 4. The number of nitrogens with zero attached hydrogens (tertiary/aromatic N) is 2. The van der Waals surface area contributed by atoms with Crippen LogP contribution in [0.25, 0.3) is 11.0 Å². The lowest BCUT2D eigenvalue weighted by Crippen LogP contribution is -2.16. The second kappa shape index (κ2) is 4.45. The zero-order chi connectivity index (χ0) is 13.9. The third-order valence-electron chi connectivity index (χ3n) is 4.54. The molecule has 2 fully saturated rings. The number of aromatic nitrogens is 2. The van der Waals surface area contributed by atoms with Gasteiger partial charge in [-0.2, -0.15) is 0 Å². The maximum atomic E-state index is 13.6. The fourth-order valence-corrected chi connectivity index (χ4v) is 3.51. The summed E-state index contributed by atoms with van der Waals surface area (Å²) < 4.78 is 15.9. The second-order valence-electron chi connectivity index (χ2n) is 6.25. The van der Waals surface area contributed by atoms with Gasteiger partial charge in [0, 0.05) is 6.04 Å². The molecule has 1 atom stereocenters. The van der Waals surface area contributed by atoms with Crippen LogP contribution in [0.2, 0.25) is 0 Å². The van der Waals surface area contributed by atoms with Crippen LogP contribution in [0.4, 0.5) is 4.39 Å². The minimum Gasteiger partial charge on any atom is -0.323 e. The van der Waals surface area contributed by atoms with Crippen molar-refractivity contribution in [2.24, 2.45) is 11.8 Å². The minimum atomic E-state index is -0.197. The Labute approximate surface area is 122 Å². The molecular weight excluding hydrogens is 275 g/mol. The lowest BCUT2D eigenvalue weighted by molar-refractivity contribution is 0.392. The van der Waals surface area contributed by atoms with E-state index in [1.165, 1.54) is 31.7 Å². The number of hydrogen-bond donors (Lipinski definition) is 0. The van der Waals surface area contributed by atoms with E-state index in [1.807, 2.05) is 6.92 Å².